The van der Waals surface area contributed by atoms with Crippen LogP contribution in [0.25, 0.3) is 5.57 Å². The van der Waals surface area contributed by atoms with E-state index >= 15 is 0 Å². The van der Waals surface area contributed by atoms with E-state index in [0.29, 0.717) is 11.4 Å². The molecule has 5 nitrogen and oxygen atoms in total. The number of rotatable bonds is 10. The molecule has 1 unspecified atom stereocenters. The third kappa shape index (κ3) is 6.75. The normalized spacial score (nSPS) is 19.8. The summed E-state index contributed by atoms with van der Waals surface area (Å²) in [7, 11) is 0. The summed E-state index contributed by atoms with van der Waals surface area (Å²) in [6, 6.07) is 3.79. The third-order valence-electron chi connectivity index (χ3n) is 6.27. The summed E-state index contributed by atoms with van der Waals surface area (Å²) in [6.45, 7) is 12.0. The molecular weight excluding hydrogens is 372 g/mol. The SMILES string of the molecule is C=C(NC(=O)N1CCC(CC)(CCCCCC)C1)/C(N)=C\C=C(/C)c1cccnc1. The Balaban J connectivity index is 1.89. The number of urea groups is 1. The second-order valence-electron chi connectivity index (χ2n) is 8.46. The Morgan fingerprint density at radius 1 is 1.33 bits per heavy atom. The van der Waals surface area contributed by atoms with E-state index in [4.69, 9.17) is 5.73 Å². The lowest BCUT2D eigenvalue weighted by Gasteiger charge is -2.28. The van der Waals surface area contributed by atoms with E-state index in [0.717, 1.165) is 37.1 Å². The topological polar surface area (TPSA) is 71.2 Å². The molecule has 2 amide bonds. The molecule has 2 rings (SSSR count). The summed E-state index contributed by atoms with van der Waals surface area (Å²) in [5, 5.41) is 2.88. The maximum absolute atomic E-state index is 12.7. The molecule has 2 heterocycles. The first kappa shape index (κ1) is 23.7. The highest BCUT2D eigenvalue weighted by atomic mass is 16.2. The molecule has 0 aliphatic carbocycles. The summed E-state index contributed by atoms with van der Waals surface area (Å²) < 4.78 is 0. The number of carbonyl (C=O) groups is 1. The van der Waals surface area contributed by atoms with Gasteiger partial charge in [-0.05, 0) is 54.9 Å². The molecule has 1 aromatic rings. The van der Waals surface area contributed by atoms with Crippen molar-refractivity contribution < 1.29 is 4.79 Å². The molecule has 0 radical (unpaired) electrons. The summed E-state index contributed by atoms with van der Waals surface area (Å²) in [5.41, 5.74) is 9.35. The second-order valence-corrected chi connectivity index (χ2v) is 8.46. The van der Waals surface area contributed by atoms with Crippen LogP contribution in [0.15, 0.2) is 54.7 Å². The number of pyridine rings is 1. The molecule has 164 valence electrons. The second kappa shape index (κ2) is 11.6. The number of aromatic nitrogens is 1. The maximum atomic E-state index is 12.7. The van der Waals surface area contributed by atoms with Crippen LogP contribution < -0.4 is 11.1 Å². The zero-order valence-corrected chi connectivity index (χ0v) is 18.9. The van der Waals surface area contributed by atoms with E-state index in [9.17, 15) is 4.79 Å². The highest BCUT2D eigenvalue weighted by molar-refractivity contribution is 5.77. The molecule has 0 spiro atoms. The fourth-order valence-electron chi connectivity index (χ4n) is 3.99. The lowest BCUT2D eigenvalue weighted by Crippen LogP contribution is -2.40. The number of amides is 2. The van der Waals surface area contributed by atoms with Crippen molar-refractivity contribution in [1.82, 2.24) is 15.2 Å². The van der Waals surface area contributed by atoms with Gasteiger partial charge < -0.3 is 16.0 Å². The summed E-state index contributed by atoms with van der Waals surface area (Å²) in [5.74, 6) is 0. The van der Waals surface area contributed by atoms with Crippen molar-refractivity contribution in [3.63, 3.8) is 0 Å². The Kier molecular flexibility index (Phi) is 9.15. The van der Waals surface area contributed by atoms with E-state index in [1.807, 2.05) is 36.2 Å². The molecule has 1 fully saturated rings. The molecule has 30 heavy (non-hydrogen) atoms. The Bertz CT molecular complexity index is 769. The number of nitrogens with one attached hydrogen (secondary N) is 1. The molecule has 1 saturated heterocycles. The van der Waals surface area contributed by atoms with Gasteiger partial charge in [-0.25, -0.2) is 4.79 Å². The van der Waals surface area contributed by atoms with Gasteiger partial charge >= 0.3 is 6.03 Å². The van der Waals surface area contributed by atoms with E-state index in [1.165, 1.54) is 32.1 Å². The van der Waals surface area contributed by atoms with Gasteiger partial charge in [0.2, 0.25) is 0 Å². The predicted molar refractivity (Wildman–Crippen MR) is 126 cm³/mol. The van der Waals surface area contributed by atoms with E-state index in [-0.39, 0.29) is 11.4 Å². The van der Waals surface area contributed by atoms with Gasteiger partial charge in [-0.3, -0.25) is 4.98 Å². The Hall–Kier alpha value is -2.56. The standard InChI is InChI=1S/C25H38N4O/c1-5-7-8-9-14-25(6-2)15-17-29(19-25)24(30)28-21(4)23(26)13-12-20(3)22-11-10-16-27-18-22/h10-13,16,18H,4-9,14-15,17,19,26H2,1-3H3,(H,28,30)/b20-12+,23-13+. The van der Waals surface area contributed by atoms with E-state index < -0.39 is 0 Å². The number of nitrogens with zero attached hydrogens (tertiary/aromatic N) is 2. The summed E-state index contributed by atoms with van der Waals surface area (Å²) >= 11 is 0. The van der Waals surface area contributed by atoms with Crippen LogP contribution in [-0.2, 0) is 0 Å². The molecule has 5 heteroatoms. The molecule has 1 aliphatic heterocycles. The van der Waals surface area contributed by atoms with Crippen molar-refractivity contribution in [3.8, 4) is 0 Å². The summed E-state index contributed by atoms with van der Waals surface area (Å²) in [6.07, 6.45) is 15.7. The average Bonchev–Trinajstić information content (AvgIpc) is 3.20. The molecule has 3 N–H and O–H groups in total. The fourth-order valence-corrected chi connectivity index (χ4v) is 3.99. The van der Waals surface area contributed by atoms with Crippen LogP contribution in [0.4, 0.5) is 4.79 Å². The molecule has 0 saturated carbocycles. The van der Waals surface area contributed by atoms with Crippen LogP contribution in [-0.4, -0.2) is 29.0 Å². The first-order chi connectivity index (χ1) is 14.4. The van der Waals surface area contributed by atoms with Crippen molar-refractivity contribution in [2.75, 3.05) is 13.1 Å². The molecule has 0 aromatic carbocycles. The van der Waals surface area contributed by atoms with Gasteiger partial charge in [-0.2, -0.15) is 0 Å². The first-order valence-electron chi connectivity index (χ1n) is 11.2. The van der Waals surface area contributed by atoms with Crippen molar-refractivity contribution in [3.05, 3.63) is 60.2 Å². The van der Waals surface area contributed by atoms with Gasteiger partial charge in [0.05, 0.1) is 11.4 Å². The fraction of sp³-hybridized carbons (Fsp3) is 0.520. The van der Waals surface area contributed by atoms with Gasteiger partial charge in [0.1, 0.15) is 0 Å². The quantitative estimate of drug-likeness (QED) is 0.388. The Labute approximate surface area is 182 Å². The number of hydrogen-bond donors (Lipinski definition) is 2. The molecule has 1 aliphatic rings. The molecule has 1 aromatic heterocycles. The predicted octanol–water partition coefficient (Wildman–Crippen LogP) is 5.62. The zero-order valence-electron chi connectivity index (χ0n) is 18.9. The van der Waals surface area contributed by atoms with Crippen LogP contribution in [0.3, 0.4) is 0 Å². The van der Waals surface area contributed by atoms with Gasteiger partial charge in [0.25, 0.3) is 0 Å². The third-order valence-corrected chi connectivity index (χ3v) is 6.27. The minimum absolute atomic E-state index is 0.104. The first-order valence-corrected chi connectivity index (χ1v) is 11.2. The molecule has 0 bridgehead atoms. The van der Waals surface area contributed by atoms with Crippen LogP contribution in [0.2, 0.25) is 0 Å². The summed E-state index contributed by atoms with van der Waals surface area (Å²) in [4.78, 5) is 18.8. The van der Waals surface area contributed by atoms with Crippen LogP contribution in [0, 0.1) is 5.41 Å². The Morgan fingerprint density at radius 3 is 2.80 bits per heavy atom. The lowest BCUT2D eigenvalue weighted by atomic mass is 9.79. The number of nitrogens with two attached hydrogens (primary N) is 1. The lowest BCUT2D eigenvalue weighted by molar-refractivity contribution is 0.196. The molecule has 1 atom stereocenters. The van der Waals surface area contributed by atoms with Gasteiger partial charge in [0.15, 0.2) is 0 Å². The number of hydrogen-bond acceptors (Lipinski definition) is 3. The van der Waals surface area contributed by atoms with E-state index in [2.05, 4.69) is 30.7 Å². The van der Waals surface area contributed by atoms with Crippen LogP contribution in [0.1, 0.15) is 71.3 Å². The zero-order chi connectivity index (χ0) is 22.0. The highest BCUT2D eigenvalue weighted by Gasteiger charge is 2.38. The average molecular weight is 411 g/mol. The van der Waals surface area contributed by atoms with Crippen molar-refractivity contribution in [2.24, 2.45) is 11.1 Å². The van der Waals surface area contributed by atoms with Crippen molar-refractivity contribution in [1.29, 1.82) is 0 Å². The number of allylic oxidation sites excluding steroid dienone is 3. The van der Waals surface area contributed by atoms with Gasteiger partial charge in [0, 0.05) is 25.5 Å². The highest BCUT2D eigenvalue weighted by Crippen LogP contribution is 2.39. The van der Waals surface area contributed by atoms with Gasteiger partial charge in [-0.15, -0.1) is 0 Å². The number of likely N-dealkylation sites (tertiary alicyclic amines) is 1. The minimum Gasteiger partial charge on any atom is -0.397 e. The molecular formula is C25H38N4O. The monoisotopic (exact) mass is 410 g/mol. The van der Waals surface area contributed by atoms with Crippen molar-refractivity contribution in [2.45, 2.75) is 65.7 Å². The van der Waals surface area contributed by atoms with Crippen LogP contribution in [0.5, 0.6) is 0 Å². The van der Waals surface area contributed by atoms with Crippen LogP contribution >= 0.6 is 0 Å². The van der Waals surface area contributed by atoms with Crippen molar-refractivity contribution >= 4 is 11.6 Å². The number of carbonyl (C=O) groups excluding carboxylic acids is 1. The number of unbranched alkanes of at least 4 members (excludes halogenated alkanes) is 3. The maximum Gasteiger partial charge on any atom is 0.321 e. The van der Waals surface area contributed by atoms with E-state index in [1.54, 1.807) is 12.3 Å². The van der Waals surface area contributed by atoms with Gasteiger partial charge in [-0.1, -0.05) is 58.3 Å². The minimum atomic E-state index is -0.104. The largest absolute Gasteiger partial charge is 0.397 e. The smallest absolute Gasteiger partial charge is 0.321 e. The Morgan fingerprint density at radius 2 is 2.13 bits per heavy atom.